The van der Waals surface area contributed by atoms with Crippen LogP contribution in [0.4, 0.5) is 21.8 Å². The van der Waals surface area contributed by atoms with E-state index in [9.17, 15) is 9.18 Å². The Hall–Kier alpha value is -3.17. The van der Waals surface area contributed by atoms with E-state index < -0.39 is 0 Å². The highest BCUT2D eigenvalue weighted by Crippen LogP contribution is 2.26. The van der Waals surface area contributed by atoms with Gasteiger partial charge in [0, 0.05) is 48.5 Å². The molecule has 0 saturated carbocycles. The second kappa shape index (κ2) is 10.6. The van der Waals surface area contributed by atoms with Crippen molar-refractivity contribution >= 4 is 35.4 Å². The molecule has 1 saturated heterocycles. The lowest BCUT2D eigenvalue weighted by Crippen LogP contribution is -2.44. The first-order valence-corrected chi connectivity index (χ1v) is 11.5. The summed E-state index contributed by atoms with van der Waals surface area (Å²) in [7, 11) is 1.40. The van der Waals surface area contributed by atoms with Crippen molar-refractivity contribution in [2.24, 2.45) is 0 Å². The van der Waals surface area contributed by atoms with Crippen molar-refractivity contribution in [3.05, 3.63) is 71.7 Å². The number of piperazine rings is 1. The number of nitrogens with one attached hydrogen (secondary N) is 1. The molecule has 1 aromatic heterocycles. The van der Waals surface area contributed by atoms with Crippen molar-refractivity contribution in [3.8, 4) is 0 Å². The number of anilines is 3. The quantitative estimate of drug-likeness (QED) is 0.409. The third-order valence-corrected chi connectivity index (χ3v) is 6.28. The zero-order valence-corrected chi connectivity index (χ0v) is 19.4. The SMILES string of the molecule is COC(=O)Cc1cccc(SN2CCN(c3nc(C)cc(Nc4ccc(F)cc4)n3)CC2)c1. The summed E-state index contributed by atoms with van der Waals surface area (Å²) >= 11 is 1.69. The molecule has 1 aliphatic heterocycles. The third-order valence-electron chi connectivity index (χ3n) is 5.19. The van der Waals surface area contributed by atoms with Gasteiger partial charge >= 0.3 is 5.97 Å². The summed E-state index contributed by atoms with van der Waals surface area (Å²) in [4.78, 5) is 24.1. The molecule has 0 spiro atoms. The average Bonchev–Trinajstić information content (AvgIpc) is 2.81. The Balaban J connectivity index is 1.36. The molecule has 1 fully saturated rings. The molecule has 33 heavy (non-hydrogen) atoms. The van der Waals surface area contributed by atoms with Crippen LogP contribution in [-0.2, 0) is 16.0 Å². The van der Waals surface area contributed by atoms with Crippen LogP contribution >= 0.6 is 11.9 Å². The van der Waals surface area contributed by atoms with E-state index >= 15 is 0 Å². The molecule has 4 rings (SSSR count). The maximum absolute atomic E-state index is 13.2. The molecule has 2 aromatic carbocycles. The van der Waals surface area contributed by atoms with Gasteiger partial charge in [0.05, 0.1) is 13.5 Å². The lowest BCUT2D eigenvalue weighted by molar-refractivity contribution is -0.139. The zero-order valence-electron chi connectivity index (χ0n) is 18.6. The van der Waals surface area contributed by atoms with Gasteiger partial charge in [-0.05, 0) is 60.8 Å². The van der Waals surface area contributed by atoms with Crippen molar-refractivity contribution in [2.45, 2.75) is 18.2 Å². The van der Waals surface area contributed by atoms with Gasteiger partial charge < -0.3 is 15.0 Å². The van der Waals surface area contributed by atoms with Crippen molar-refractivity contribution < 1.29 is 13.9 Å². The highest BCUT2D eigenvalue weighted by atomic mass is 32.2. The average molecular weight is 468 g/mol. The molecule has 1 aliphatic rings. The molecule has 9 heteroatoms. The second-order valence-corrected chi connectivity index (χ2v) is 8.90. The molecular formula is C24H26FN5O2S. The number of carbonyl (C=O) groups excluding carboxylic acids is 1. The van der Waals surface area contributed by atoms with Crippen LogP contribution in [0, 0.1) is 12.7 Å². The minimum absolute atomic E-state index is 0.239. The molecule has 172 valence electrons. The van der Waals surface area contributed by atoms with Gasteiger partial charge in [-0.25, -0.2) is 13.7 Å². The van der Waals surface area contributed by atoms with Crippen LogP contribution in [0.5, 0.6) is 0 Å². The maximum Gasteiger partial charge on any atom is 0.309 e. The normalized spacial score (nSPS) is 14.2. The third kappa shape index (κ3) is 6.43. The summed E-state index contributed by atoms with van der Waals surface area (Å²) in [6.07, 6.45) is 0.275. The fraction of sp³-hybridized carbons (Fsp3) is 0.292. The van der Waals surface area contributed by atoms with Crippen LogP contribution in [0.2, 0.25) is 0 Å². The molecule has 1 N–H and O–H groups in total. The Morgan fingerprint density at radius 1 is 1.09 bits per heavy atom. The number of methoxy groups -OCH3 is 1. The van der Waals surface area contributed by atoms with Crippen LogP contribution in [0.15, 0.2) is 59.5 Å². The van der Waals surface area contributed by atoms with E-state index in [4.69, 9.17) is 4.74 Å². The van der Waals surface area contributed by atoms with Crippen LogP contribution in [0.25, 0.3) is 0 Å². The van der Waals surface area contributed by atoms with Gasteiger partial charge in [-0.3, -0.25) is 4.79 Å². The lowest BCUT2D eigenvalue weighted by atomic mass is 10.1. The molecular weight excluding hydrogens is 441 g/mol. The Kier molecular flexibility index (Phi) is 7.41. The molecule has 0 radical (unpaired) electrons. The number of hydrogen-bond acceptors (Lipinski definition) is 8. The number of esters is 1. The predicted molar refractivity (Wildman–Crippen MR) is 128 cm³/mol. The van der Waals surface area contributed by atoms with Gasteiger partial charge in [-0.1, -0.05) is 12.1 Å². The number of nitrogens with zero attached hydrogens (tertiary/aromatic N) is 4. The lowest BCUT2D eigenvalue weighted by Gasteiger charge is -2.34. The Morgan fingerprint density at radius 2 is 1.85 bits per heavy atom. The van der Waals surface area contributed by atoms with E-state index in [0.717, 1.165) is 48.0 Å². The van der Waals surface area contributed by atoms with Crippen molar-refractivity contribution in [1.29, 1.82) is 0 Å². The standard InChI is InChI=1S/C24H26FN5O2S/c1-17-14-22(27-20-8-6-19(25)7-9-20)28-24(26-17)29-10-12-30(13-11-29)33-21-5-3-4-18(15-21)16-23(31)32-2/h3-9,14-15H,10-13,16H2,1-2H3,(H,26,27,28). The minimum Gasteiger partial charge on any atom is -0.469 e. The Morgan fingerprint density at radius 3 is 2.58 bits per heavy atom. The molecule has 0 aliphatic carbocycles. The number of aromatic nitrogens is 2. The van der Waals surface area contributed by atoms with Gasteiger partial charge in [-0.2, -0.15) is 4.98 Å². The number of benzene rings is 2. The Labute approximate surface area is 197 Å². The van der Waals surface area contributed by atoms with Crippen LogP contribution in [0.3, 0.4) is 0 Å². The molecule has 7 nitrogen and oxygen atoms in total. The van der Waals surface area contributed by atoms with Crippen molar-refractivity contribution in [2.75, 3.05) is 43.5 Å². The summed E-state index contributed by atoms with van der Waals surface area (Å²) in [5.74, 6) is 0.857. The smallest absolute Gasteiger partial charge is 0.309 e. The summed E-state index contributed by atoms with van der Waals surface area (Å²) in [5.41, 5.74) is 2.58. The monoisotopic (exact) mass is 467 g/mol. The van der Waals surface area contributed by atoms with E-state index in [0.29, 0.717) is 11.8 Å². The van der Waals surface area contributed by atoms with Gasteiger partial charge in [-0.15, -0.1) is 0 Å². The minimum atomic E-state index is -0.272. The number of halogens is 1. The van der Waals surface area contributed by atoms with E-state index in [1.807, 2.05) is 31.2 Å². The first-order valence-electron chi connectivity index (χ1n) is 10.7. The maximum atomic E-state index is 13.2. The molecule has 0 atom stereocenters. The van der Waals surface area contributed by atoms with Gasteiger partial charge in [0.15, 0.2) is 0 Å². The highest BCUT2D eigenvalue weighted by molar-refractivity contribution is 7.97. The molecule has 0 amide bonds. The highest BCUT2D eigenvalue weighted by Gasteiger charge is 2.21. The van der Waals surface area contributed by atoms with E-state index in [-0.39, 0.29) is 18.2 Å². The van der Waals surface area contributed by atoms with Crippen LogP contribution in [-0.4, -0.2) is 53.5 Å². The van der Waals surface area contributed by atoms with E-state index in [1.165, 1.54) is 19.2 Å². The van der Waals surface area contributed by atoms with Gasteiger partial charge in [0.25, 0.3) is 0 Å². The number of aryl methyl sites for hydroxylation is 1. The number of hydrogen-bond donors (Lipinski definition) is 1. The van der Waals surface area contributed by atoms with E-state index in [2.05, 4.69) is 30.6 Å². The largest absolute Gasteiger partial charge is 0.469 e. The van der Waals surface area contributed by atoms with Crippen LogP contribution in [0.1, 0.15) is 11.3 Å². The van der Waals surface area contributed by atoms with Gasteiger partial charge in [0.1, 0.15) is 11.6 Å². The Bertz CT molecular complexity index is 1100. The molecule has 2 heterocycles. The number of ether oxygens (including phenoxy) is 1. The number of carbonyl (C=O) groups is 1. The first kappa shape index (κ1) is 23.0. The number of rotatable bonds is 7. The van der Waals surface area contributed by atoms with Crippen molar-refractivity contribution in [3.63, 3.8) is 0 Å². The first-order chi connectivity index (χ1) is 16.0. The molecule has 0 unspecified atom stereocenters. The fourth-order valence-electron chi connectivity index (χ4n) is 3.52. The zero-order chi connectivity index (χ0) is 23.2. The summed E-state index contributed by atoms with van der Waals surface area (Å²) in [6, 6.07) is 16.1. The van der Waals surface area contributed by atoms with Gasteiger partial charge in [0.2, 0.25) is 5.95 Å². The van der Waals surface area contributed by atoms with Crippen LogP contribution < -0.4 is 10.2 Å². The molecule has 0 bridgehead atoms. The predicted octanol–water partition coefficient (Wildman–Crippen LogP) is 4.21. The summed E-state index contributed by atoms with van der Waals surface area (Å²) in [5, 5.41) is 3.22. The van der Waals surface area contributed by atoms with Crippen molar-refractivity contribution in [1.82, 2.24) is 14.3 Å². The summed E-state index contributed by atoms with van der Waals surface area (Å²) in [6.45, 7) is 5.24. The summed E-state index contributed by atoms with van der Waals surface area (Å²) < 4.78 is 20.2. The topological polar surface area (TPSA) is 70.6 Å². The fourth-order valence-corrected chi connectivity index (χ4v) is 4.51. The molecule has 3 aromatic rings. The second-order valence-electron chi connectivity index (χ2n) is 7.73. The van der Waals surface area contributed by atoms with E-state index in [1.54, 1.807) is 24.1 Å².